The van der Waals surface area contributed by atoms with Crippen LogP contribution < -0.4 is 11.1 Å². The molecule has 0 aliphatic heterocycles. The Kier molecular flexibility index (Phi) is 3.61. The molecule has 0 fully saturated rings. The van der Waals surface area contributed by atoms with Crippen molar-refractivity contribution in [3.8, 4) is 0 Å². The van der Waals surface area contributed by atoms with Gasteiger partial charge in [-0.15, -0.1) is 0 Å². The Bertz CT molecular complexity index is 570. The van der Waals surface area contributed by atoms with Crippen LogP contribution in [0.1, 0.15) is 29.0 Å². The van der Waals surface area contributed by atoms with E-state index in [1.807, 2.05) is 31.2 Å². The van der Waals surface area contributed by atoms with Crippen LogP contribution in [0.25, 0.3) is 0 Å². The number of amides is 1. The Morgan fingerprint density at radius 3 is 2.78 bits per heavy atom. The summed E-state index contributed by atoms with van der Waals surface area (Å²) in [7, 11) is 0. The van der Waals surface area contributed by atoms with Gasteiger partial charge in [-0.3, -0.25) is 4.79 Å². The number of hydrogen-bond acceptors (Lipinski definition) is 5. The quantitative estimate of drug-likeness (QED) is 0.903. The Labute approximate surface area is 112 Å². The van der Waals surface area contributed by atoms with Gasteiger partial charge in [0, 0.05) is 4.47 Å². The average molecular weight is 311 g/mol. The second-order valence-electron chi connectivity index (χ2n) is 3.71. The molecule has 0 radical (unpaired) electrons. The molecule has 0 unspecified atom stereocenters. The van der Waals surface area contributed by atoms with Gasteiger partial charge in [0.25, 0.3) is 5.91 Å². The number of hydrogen-bond donors (Lipinski definition) is 2. The minimum absolute atomic E-state index is 0.00564. The highest BCUT2D eigenvalue weighted by molar-refractivity contribution is 9.10. The predicted molar refractivity (Wildman–Crippen MR) is 68.7 cm³/mol. The first kappa shape index (κ1) is 12.6. The highest BCUT2D eigenvalue weighted by Gasteiger charge is 2.19. The van der Waals surface area contributed by atoms with Gasteiger partial charge in [0.2, 0.25) is 11.5 Å². The number of benzene rings is 1. The van der Waals surface area contributed by atoms with Gasteiger partial charge in [-0.05, 0) is 28.9 Å². The number of halogens is 1. The van der Waals surface area contributed by atoms with Gasteiger partial charge in [-0.25, -0.2) is 4.63 Å². The van der Waals surface area contributed by atoms with Crippen LogP contribution in [-0.2, 0) is 0 Å². The lowest BCUT2D eigenvalue weighted by atomic mass is 10.1. The summed E-state index contributed by atoms with van der Waals surface area (Å²) in [5.41, 5.74) is 6.40. The first-order valence-corrected chi connectivity index (χ1v) is 6.02. The van der Waals surface area contributed by atoms with Crippen LogP contribution in [0.3, 0.4) is 0 Å². The van der Waals surface area contributed by atoms with Crippen LogP contribution in [0, 0.1) is 0 Å². The van der Waals surface area contributed by atoms with Gasteiger partial charge in [-0.2, -0.15) is 0 Å². The molecule has 1 heterocycles. The molecule has 1 aromatic heterocycles. The normalized spacial score (nSPS) is 12.1. The molecule has 0 bridgehead atoms. The molecule has 94 valence electrons. The van der Waals surface area contributed by atoms with E-state index in [0.29, 0.717) is 0 Å². The SMILES string of the molecule is C[C@H](NC(=O)c1nonc1N)c1ccccc1Br. The molecule has 18 heavy (non-hydrogen) atoms. The topological polar surface area (TPSA) is 94.0 Å². The van der Waals surface area contributed by atoms with E-state index in [2.05, 4.69) is 36.2 Å². The summed E-state index contributed by atoms with van der Waals surface area (Å²) in [5, 5.41) is 9.58. The molecular formula is C11H11BrN4O2. The Morgan fingerprint density at radius 2 is 2.17 bits per heavy atom. The molecule has 1 amide bonds. The van der Waals surface area contributed by atoms with Crippen molar-refractivity contribution in [1.82, 2.24) is 15.6 Å². The maximum Gasteiger partial charge on any atom is 0.277 e. The molecule has 0 aliphatic rings. The fourth-order valence-corrected chi connectivity index (χ4v) is 2.15. The third-order valence-corrected chi connectivity index (χ3v) is 3.17. The largest absolute Gasteiger partial charge is 0.379 e. The lowest BCUT2D eigenvalue weighted by molar-refractivity contribution is 0.0930. The van der Waals surface area contributed by atoms with Crippen LogP contribution >= 0.6 is 15.9 Å². The number of nitrogen functional groups attached to an aromatic ring is 1. The summed E-state index contributed by atoms with van der Waals surface area (Å²) in [4.78, 5) is 11.9. The maximum atomic E-state index is 11.9. The molecule has 0 spiro atoms. The van der Waals surface area contributed by atoms with Gasteiger partial charge in [-0.1, -0.05) is 34.1 Å². The third-order valence-electron chi connectivity index (χ3n) is 2.45. The summed E-state index contributed by atoms with van der Waals surface area (Å²) in [5.74, 6) is -0.441. The van der Waals surface area contributed by atoms with E-state index in [9.17, 15) is 4.79 Å². The molecule has 0 aliphatic carbocycles. The summed E-state index contributed by atoms with van der Waals surface area (Å²) in [6.45, 7) is 1.86. The first-order valence-electron chi connectivity index (χ1n) is 5.23. The Morgan fingerprint density at radius 1 is 1.44 bits per heavy atom. The van der Waals surface area contributed by atoms with Crippen LogP contribution in [0.5, 0.6) is 0 Å². The van der Waals surface area contributed by atoms with E-state index >= 15 is 0 Å². The Hall–Kier alpha value is -1.89. The Balaban J connectivity index is 2.13. The number of nitrogens with two attached hydrogens (primary N) is 1. The molecule has 1 aromatic carbocycles. The number of aromatic nitrogens is 2. The van der Waals surface area contributed by atoms with E-state index in [-0.39, 0.29) is 17.6 Å². The summed E-state index contributed by atoms with van der Waals surface area (Å²) in [6, 6.07) is 7.43. The number of anilines is 1. The first-order chi connectivity index (χ1) is 8.59. The van der Waals surface area contributed by atoms with Gasteiger partial charge in [0.1, 0.15) is 0 Å². The average Bonchev–Trinajstić information content (AvgIpc) is 2.76. The number of rotatable bonds is 3. The predicted octanol–water partition coefficient (Wildman–Crippen LogP) is 1.91. The van der Waals surface area contributed by atoms with Gasteiger partial charge >= 0.3 is 0 Å². The maximum absolute atomic E-state index is 11.9. The molecule has 6 nitrogen and oxygen atoms in total. The fourth-order valence-electron chi connectivity index (χ4n) is 1.52. The van der Waals surface area contributed by atoms with E-state index in [0.717, 1.165) is 10.0 Å². The van der Waals surface area contributed by atoms with E-state index < -0.39 is 5.91 Å². The summed E-state index contributed by atoms with van der Waals surface area (Å²) in [6.07, 6.45) is 0. The lowest BCUT2D eigenvalue weighted by Crippen LogP contribution is -2.27. The van der Waals surface area contributed by atoms with Crippen LogP contribution in [0.4, 0.5) is 5.82 Å². The standard InChI is InChI=1S/C11H11BrN4O2/c1-6(7-4-2-3-5-8(7)12)14-11(17)9-10(13)16-18-15-9/h2-6H,1H3,(H2,13,16)(H,14,17)/t6-/m0/s1. The van der Waals surface area contributed by atoms with E-state index in [4.69, 9.17) is 5.73 Å². The van der Waals surface area contributed by atoms with Crippen LogP contribution in [0.2, 0.25) is 0 Å². The smallest absolute Gasteiger partial charge is 0.277 e. The molecule has 1 atom stereocenters. The molecule has 2 aromatic rings. The molecule has 3 N–H and O–H groups in total. The van der Waals surface area contributed by atoms with Crippen molar-refractivity contribution in [3.05, 3.63) is 40.0 Å². The summed E-state index contributed by atoms with van der Waals surface area (Å²) < 4.78 is 5.30. The number of nitrogens with zero attached hydrogens (tertiary/aromatic N) is 2. The van der Waals surface area contributed by atoms with Crippen molar-refractivity contribution in [2.24, 2.45) is 0 Å². The van der Waals surface area contributed by atoms with Gasteiger partial charge in [0.05, 0.1) is 6.04 Å². The van der Waals surface area contributed by atoms with E-state index in [1.165, 1.54) is 0 Å². The van der Waals surface area contributed by atoms with Crippen molar-refractivity contribution in [2.75, 3.05) is 5.73 Å². The van der Waals surface area contributed by atoms with E-state index in [1.54, 1.807) is 0 Å². The monoisotopic (exact) mass is 310 g/mol. The van der Waals surface area contributed by atoms with Gasteiger partial charge < -0.3 is 11.1 Å². The second kappa shape index (κ2) is 5.18. The molecule has 2 rings (SSSR count). The van der Waals surface area contributed by atoms with Crippen LogP contribution in [-0.4, -0.2) is 16.2 Å². The van der Waals surface area contributed by atoms with Crippen LogP contribution in [0.15, 0.2) is 33.4 Å². The highest BCUT2D eigenvalue weighted by atomic mass is 79.9. The van der Waals surface area contributed by atoms with Crippen molar-refractivity contribution in [3.63, 3.8) is 0 Å². The highest BCUT2D eigenvalue weighted by Crippen LogP contribution is 2.23. The number of carbonyl (C=O) groups excluding carboxylic acids is 1. The zero-order chi connectivity index (χ0) is 13.1. The van der Waals surface area contributed by atoms with Crippen molar-refractivity contribution < 1.29 is 9.42 Å². The number of carbonyl (C=O) groups is 1. The second-order valence-corrected chi connectivity index (χ2v) is 4.57. The molecular weight excluding hydrogens is 300 g/mol. The molecule has 0 saturated heterocycles. The minimum atomic E-state index is -0.419. The third kappa shape index (κ3) is 2.51. The van der Waals surface area contributed by atoms with Gasteiger partial charge in [0.15, 0.2) is 0 Å². The fraction of sp³-hybridized carbons (Fsp3) is 0.182. The molecule has 0 saturated carbocycles. The van der Waals surface area contributed by atoms with Crippen molar-refractivity contribution in [1.29, 1.82) is 0 Å². The lowest BCUT2D eigenvalue weighted by Gasteiger charge is -2.14. The summed E-state index contributed by atoms with van der Waals surface area (Å²) >= 11 is 3.43. The zero-order valence-corrected chi connectivity index (χ0v) is 11.1. The number of nitrogens with one attached hydrogen (secondary N) is 1. The van der Waals surface area contributed by atoms with Crippen molar-refractivity contribution in [2.45, 2.75) is 13.0 Å². The van der Waals surface area contributed by atoms with Crippen molar-refractivity contribution >= 4 is 27.7 Å². The minimum Gasteiger partial charge on any atom is -0.379 e. The molecule has 7 heteroatoms. The zero-order valence-electron chi connectivity index (χ0n) is 9.55.